The average molecular weight is 1270 g/mol. The van der Waals surface area contributed by atoms with Gasteiger partial charge in [-0.15, -0.1) is 0 Å². The van der Waals surface area contributed by atoms with Gasteiger partial charge in [0.15, 0.2) is 11.5 Å². The van der Waals surface area contributed by atoms with E-state index >= 15 is 0 Å². The molecule has 0 fully saturated rings. The van der Waals surface area contributed by atoms with Gasteiger partial charge >= 0.3 is 0 Å². The van der Waals surface area contributed by atoms with Gasteiger partial charge in [-0.25, -0.2) is 0 Å². The lowest BCUT2D eigenvalue weighted by atomic mass is 9.70. The first-order chi connectivity index (χ1) is 45.9. The molecule has 0 amide bonds. The van der Waals surface area contributed by atoms with Crippen molar-refractivity contribution in [3.05, 3.63) is 107 Å². The molecule has 0 unspecified atom stereocenters. The fraction of sp³-hybridized carbons (Fsp3) is 0.659. The highest BCUT2D eigenvalue weighted by molar-refractivity contribution is 6.08. The van der Waals surface area contributed by atoms with Crippen molar-refractivity contribution in [2.45, 2.75) is 361 Å². The van der Waals surface area contributed by atoms with Crippen LogP contribution in [0.2, 0.25) is 0 Å². The molecule has 0 saturated heterocycles. The van der Waals surface area contributed by atoms with E-state index in [2.05, 4.69) is 138 Å². The lowest BCUT2D eigenvalue weighted by Crippen LogP contribution is -2.25. The number of benzene rings is 5. The average Bonchev–Trinajstić information content (AvgIpc) is 1.61. The first-order valence-corrected chi connectivity index (χ1v) is 40.1. The van der Waals surface area contributed by atoms with Gasteiger partial charge in [-0.1, -0.05) is 372 Å². The van der Waals surface area contributed by atoms with Gasteiger partial charge in [0, 0.05) is 10.8 Å². The summed E-state index contributed by atoms with van der Waals surface area (Å²) in [7, 11) is 0. The zero-order valence-corrected chi connectivity index (χ0v) is 60.9. The summed E-state index contributed by atoms with van der Waals surface area (Å²) in [5, 5.41) is 11.6. The molecular formula is C88H133N3O2. The van der Waals surface area contributed by atoms with Crippen LogP contribution in [0.5, 0.6) is 11.5 Å². The second-order valence-corrected chi connectivity index (χ2v) is 29.2. The quantitative estimate of drug-likeness (QED) is 0.0357. The lowest BCUT2D eigenvalue weighted by Gasteiger charge is -2.33. The first-order valence-electron chi connectivity index (χ1n) is 40.1. The zero-order chi connectivity index (χ0) is 65.2. The third-order valence-electron chi connectivity index (χ3n) is 21.9. The summed E-state index contributed by atoms with van der Waals surface area (Å²) >= 11 is 0. The minimum atomic E-state index is -0.0674. The second-order valence-electron chi connectivity index (χ2n) is 29.2. The van der Waals surface area contributed by atoms with Crippen LogP contribution in [0.25, 0.3) is 55.5 Å². The standard InChI is InChI=1S/C88H133N3O2/c1-8-15-22-29-36-47-62-87(63-48-37-30-23-16-9-2)77-56-45-43-54-73(77)75-60-58-71(69-79(75)87)81-83-84(90-91(89-83)66-51-40-33-26-19-12-5)82(86(93-68-53-42-35-28-21-14-7)85(81)92-67-52-41-34-27-20-13-6)72-59-61-76-74-55-44-46-57-78(74)88(80(76)70-72,64-49-38-31-24-17-10-3)65-50-39-32-25-18-11-4/h43-46,54-61,69-70H,8-42,47-53,62-68H2,1-7H3. The molecule has 0 atom stereocenters. The SMILES string of the molecule is CCCCCCCCOc1c(OCCCCCCCC)c(-c2ccc3c(c2)C(CCCCCCCC)(CCCCCCCC)c2ccccc2-3)c2nn(CCCCCCCC)nc2c1-c1ccc2c(c1)C(CCCCCCCC)(CCCCCCCC)c1ccccc1-2. The summed E-state index contributed by atoms with van der Waals surface area (Å²) in [4.78, 5) is 2.10. The maximum Gasteiger partial charge on any atom is 0.172 e. The van der Waals surface area contributed by atoms with Gasteiger partial charge in [0.05, 0.1) is 30.9 Å². The molecule has 5 aromatic carbocycles. The number of ether oxygens (including phenoxy) is 2. The Bertz CT molecular complexity index is 2830. The highest BCUT2D eigenvalue weighted by atomic mass is 16.5. The molecule has 512 valence electrons. The van der Waals surface area contributed by atoms with E-state index in [4.69, 9.17) is 19.7 Å². The molecule has 0 spiro atoms. The topological polar surface area (TPSA) is 49.2 Å². The number of nitrogens with zero attached hydrogens (tertiary/aromatic N) is 3. The minimum Gasteiger partial charge on any atom is -0.489 e. The zero-order valence-electron chi connectivity index (χ0n) is 60.9. The molecule has 1 aromatic heterocycles. The molecule has 5 heteroatoms. The summed E-state index contributed by atoms with van der Waals surface area (Å²) < 4.78 is 15.4. The molecule has 5 nitrogen and oxygen atoms in total. The van der Waals surface area contributed by atoms with Gasteiger partial charge in [-0.05, 0) is 113 Å². The second kappa shape index (κ2) is 41.3. The van der Waals surface area contributed by atoms with E-state index < -0.39 is 0 Å². The van der Waals surface area contributed by atoms with Crippen molar-refractivity contribution in [3.63, 3.8) is 0 Å². The molecule has 0 N–H and O–H groups in total. The van der Waals surface area contributed by atoms with Crippen LogP contribution < -0.4 is 9.47 Å². The Morgan fingerprint density at radius 3 is 0.903 bits per heavy atom. The summed E-state index contributed by atoms with van der Waals surface area (Å²) in [6.45, 7) is 18.4. The van der Waals surface area contributed by atoms with Crippen LogP contribution in [-0.2, 0) is 17.4 Å². The summed E-state index contributed by atoms with van der Waals surface area (Å²) in [6, 6.07) is 34.4. The van der Waals surface area contributed by atoms with E-state index in [1.807, 2.05) is 0 Å². The summed E-state index contributed by atoms with van der Waals surface area (Å²) in [5.74, 6) is 1.76. The summed E-state index contributed by atoms with van der Waals surface area (Å²) in [6.07, 6.45) is 57.8. The summed E-state index contributed by atoms with van der Waals surface area (Å²) in [5.41, 5.74) is 18.2. The predicted molar refractivity (Wildman–Crippen MR) is 404 cm³/mol. The van der Waals surface area contributed by atoms with Crippen LogP contribution in [0.3, 0.4) is 0 Å². The van der Waals surface area contributed by atoms with E-state index in [1.165, 1.54) is 308 Å². The Hall–Kier alpha value is -4.90. The lowest BCUT2D eigenvalue weighted by molar-refractivity contribution is 0.260. The number of aromatic nitrogens is 3. The fourth-order valence-electron chi connectivity index (χ4n) is 16.6. The Kier molecular flexibility index (Phi) is 32.8. The first kappa shape index (κ1) is 73.9. The Morgan fingerprint density at radius 2 is 0.570 bits per heavy atom. The van der Waals surface area contributed by atoms with Crippen molar-refractivity contribution < 1.29 is 9.47 Å². The number of rotatable bonds is 53. The highest BCUT2D eigenvalue weighted by Crippen LogP contribution is 2.59. The van der Waals surface area contributed by atoms with Crippen molar-refractivity contribution in [2.75, 3.05) is 13.2 Å². The maximum absolute atomic E-state index is 7.68. The Labute approximate surface area is 570 Å². The Morgan fingerprint density at radius 1 is 0.290 bits per heavy atom. The van der Waals surface area contributed by atoms with Crippen LogP contribution in [0.1, 0.15) is 366 Å². The molecule has 1 heterocycles. The van der Waals surface area contributed by atoms with Gasteiger partial charge in [0.1, 0.15) is 11.0 Å². The van der Waals surface area contributed by atoms with Gasteiger partial charge in [-0.2, -0.15) is 15.0 Å². The van der Waals surface area contributed by atoms with Crippen LogP contribution in [0.15, 0.2) is 84.9 Å². The molecule has 93 heavy (non-hydrogen) atoms. The largest absolute Gasteiger partial charge is 0.489 e. The molecule has 0 saturated carbocycles. The van der Waals surface area contributed by atoms with E-state index in [1.54, 1.807) is 11.1 Å². The van der Waals surface area contributed by atoms with Crippen molar-refractivity contribution >= 4 is 11.0 Å². The Balaban J connectivity index is 1.36. The van der Waals surface area contributed by atoms with Gasteiger partial charge in [0.25, 0.3) is 0 Å². The van der Waals surface area contributed by atoms with Crippen LogP contribution in [-0.4, -0.2) is 28.2 Å². The normalized spacial score (nSPS) is 13.5. The van der Waals surface area contributed by atoms with Crippen LogP contribution >= 0.6 is 0 Å². The molecule has 0 aliphatic heterocycles. The molecule has 0 bridgehead atoms. The molecular weight excluding hydrogens is 1130 g/mol. The van der Waals surface area contributed by atoms with E-state index in [9.17, 15) is 0 Å². The smallest absolute Gasteiger partial charge is 0.172 e. The van der Waals surface area contributed by atoms with E-state index in [-0.39, 0.29) is 10.8 Å². The third-order valence-corrected chi connectivity index (χ3v) is 21.9. The monoisotopic (exact) mass is 1260 g/mol. The predicted octanol–water partition coefficient (Wildman–Crippen LogP) is 28.1. The van der Waals surface area contributed by atoms with E-state index in [0.29, 0.717) is 13.2 Å². The molecule has 8 rings (SSSR count). The number of fused-ring (bicyclic) bond motifs is 7. The molecule has 6 aromatic rings. The van der Waals surface area contributed by atoms with Gasteiger partial charge in [0.2, 0.25) is 0 Å². The number of hydrogen-bond donors (Lipinski definition) is 0. The van der Waals surface area contributed by atoms with Crippen molar-refractivity contribution in [2.24, 2.45) is 0 Å². The molecule has 2 aliphatic carbocycles. The van der Waals surface area contributed by atoms with Gasteiger partial charge in [-0.3, -0.25) is 0 Å². The third kappa shape index (κ3) is 20.1. The fourth-order valence-corrected chi connectivity index (χ4v) is 16.6. The van der Waals surface area contributed by atoms with Gasteiger partial charge < -0.3 is 9.47 Å². The molecule has 0 radical (unpaired) electrons. The number of aryl methyl sites for hydroxylation is 1. The highest BCUT2D eigenvalue weighted by Gasteiger charge is 2.45. The van der Waals surface area contributed by atoms with Crippen molar-refractivity contribution in [1.82, 2.24) is 15.0 Å². The number of hydrogen-bond acceptors (Lipinski definition) is 4. The minimum absolute atomic E-state index is 0.0674. The van der Waals surface area contributed by atoms with Crippen LogP contribution in [0.4, 0.5) is 0 Å². The maximum atomic E-state index is 7.68. The molecule has 2 aliphatic rings. The van der Waals surface area contributed by atoms with Crippen molar-refractivity contribution in [3.8, 4) is 56.0 Å². The van der Waals surface area contributed by atoms with Crippen LogP contribution in [0, 0.1) is 0 Å². The number of unbranched alkanes of at least 4 members (excludes halogenated alkanes) is 35. The van der Waals surface area contributed by atoms with Crippen molar-refractivity contribution in [1.29, 1.82) is 0 Å². The van der Waals surface area contributed by atoms with E-state index in [0.717, 1.165) is 72.3 Å².